The van der Waals surface area contributed by atoms with Crippen molar-refractivity contribution >= 4 is 0 Å². The molecule has 0 aromatic heterocycles. The predicted molar refractivity (Wildman–Crippen MR) is 114 cm³/mol. The third kappa shape index (κ3) is 5.28. The van der Waals surface area contributed by atoms with Crippen molar-refractivity contribution < 1.29 is 9.47 Å². The van der Waals surface area contributed by atoms with E-state index in [4.69, 9.17) is 9.47 Å². The largest absolute Gasteiger partial charge is 0.377 e. The van der Waals surface area contributed by atoms with E-state index < -0.39 is 0 Å². The molecular formula is C23H43N3O2. The number of nitrogens with zero attached hydrogens (tertiary/aromatic N) is 2. The first kappa shape index (κ1) is 21.0. The van der Waals surface area contributed by atoms with E-state index in [1.165, 1.54) is 71.2 Å². The molecule has 1 saturated carbocycles. The summed E-state index contributed by atoms with van der Waals surface area (Å²) in [6, 6.07) is 0. The van der Waals surface area contributed by atoms with Crippen LogP contribution in [0.2, 0.25) is 0 Å². The average molecular weight is 394 g/mol. The Morgan fingerprint density at radius 1 is 0.964 bits per heavy atom. The lowest BCUT2D eigenvalue weighted by molar-refractivity contribution is -0.177. The highest BCUT2D eigenvalue weighted by Crippen LogP contribution is 2.34. The first-order valence-corrected chi connectivity index (χ1v) is 11.8. The zero-order valence-electron chi connectivity index (χ0n) is 18.5. The zero-order valence-corrected chi connectivity index (χ0v) is 18.5. The van der Waals surface area contributed by atoms with Gasteiger partial charge in [0.25, 0.3) is 0 Å². The van der Waals surface area contributed by atoms with E-state index in [9.17, 15) is 0 Å². The lowest BCUT2D eigenvalue weighted by Gasteiger charge is -2.57. The second-order valence-corrected chi connectivity index (χ2v) is 11.2. The Hall–Kier alpha value is -0.200. The van der Waals surface area contributed by atoms with E-state index in [2.05, 4.69) is 35.9 Å². The summed E-state index contributed by atoms with van der Waals surface area (Å²) < 4.78 is 12.1. The maximum atomic E-state index is 6.41. The number of piperidine rings is 1. The molecule has 4 aliphatic rings. The fourth-order valence-electron chi connectivity index (χ4n) is 5.70. The van der Waals surface area contributed by atoms with Crippen molar-refractivity contribution in [2.75, 3.05) is 59.0 Å². The van der Waals surface area contributed by atoms with Gasteiger partial charge in [-0.1, -0.05) is 20.8 Å². The Bertz CT molecular complexity index is 489. The molecule has 0 radical (unpaired) electrons. The molecule has 0 unspecified atom stereocenters. The highest BCUT2D eigenvalue weighted by Gasteiger charge is 2.48. The second-order valence-electron chi connectivity index (χ2n) is 11.2. The molecule has 0 aromatic rings. The van der Waals surface area contributed by atoms with Crippen LogP contribution in [0.1, 0.15) is 59.3 Å². The molecule has 0 bridgehead atoms. The van der Waals surface area contributed by atoms with Crippen LogP contribution in [0.3, 0.4) is 0 Å². The van der Waals surface area contributed by atoms with Gasteiger partial charge in [-0.3, -0.25) is 9.80 Å². The molecule has 5 heteroatoms. The molecule has 28 heavy (non-hydrogen) atoms. The van der Waals surface area contributed by atoms with Crippen LogP contribution in [0, 0.1) is 11.3 Å². The average Bonchev–Trinajstić information content (AvgIpc) is 2.63. The Morgan fingerprint density at radius 2 is 1.64 bits per heavy atom. The summed E-state index contributed by atoms with van der Waals surface area (Å²) in [5.41, 5.74) is 0.651. The SMILES string of the molecule is CC(C)(C)CN1CCN(CC2CCC(OC3CCNCC3)CC2)CC12COC2. The van der Waals surface area contributed by atoms with Crippen molar-refractivity contribution in [3.63, 3.8) is 0 Å². The topological polar surface area (TPSA) is 37.0 Å². The van der Waals surface area contributed by atoms with Crippen molar-refractivity contribution in [2.45, 2.75) is 77.0 Å². The highest BCUT2D eigenvalue weighted by molar-refractivity contribution is 5.03. The molecule has 0 aromatic carbocycles. The summed E-state index contributed by atoms with van der Waals surface area (Å²) in [6.07, 6.45) is 8.67. The van der Waals surface area contributed by atoms with Crippen molar-refractivity contribution in [1.82, 2.24) is 15.1 Å². The fraction of sp³-hybridized carbons (Fsp3) is 1.00. The summed E-state index contributed by atoms with van der Waals surface area (Å²) >= 11 is 0. The van der Waals surface area contributed by atoms with Gasteiger partial charge in [0.15, 0.2) is 0 Å². The summed E-state index contributed by atoms with van der Waals surface area (Å²) in [6.45, 7) is 17.3. The van der Waals surface area contributed by atoms with Gasteiger partial charge in [-0.15, -0.1) is 0 Å². The normalized spacial score (nSPS) is 33.1. The maximum absolute atomic E-state index is 6.41. The van der Waals surface area contributed by atoms with Gasteiger partial charge in [-0.05, 0) is 62.9 Å². The van der Waals surface area contributed by atoms with Gasteiger partial charge in [0.2, 0.25) is 0 Å². The summed E-state index contributed by atoms with van der Waals surface area (Å²) in [5, 5.41) is 3.44. The number of hydrogen-bond donors (Lipinski definition) is 1. The lowest BCUT2D eigenvalue weighted by Crippen LogP contribution is -2.72. The smallest absolute Gasteiger partial charge is 0.0807 e. The van der Waals surface area contributed by atoms with Crippen LogP contribution >= 0.6 is 0 Å². The van der Waals surface area contributed by atoms with E-state index >= 15 is 0 Å². The van der Waals surface area contributed by atoms with Gasteiger partial charge >= 0.3 is 0 Å². The number of rotatable bonds is 5. The number of hydrogen-bond acceptors (Lipinski definition) is 5. The minimum atomic E-state index is 0.293. The fourth-order valence-corrected chi connectivity index (χ4v) is 5.70. The molecule has 3 heterocycles. The highest BCUT2D eigenvalue weighted by atomic mass is 16.5. The van der Waals surface area contributed by atoms with Crippen LogP contribution in [0.4, 0.5) is 0 Å². The molecule has 162 valence electrons. The number of ether oxygens (including phenoxy) is 2. The third-order valence-electron chi connectivity index (χ3n) is 7.26. The molecule has 0 atom stereocenters. The lowest BCUT2D eigenvalue weighted by atomic mass is 9.84. The van der Waals surface area contributed by atoms with Crippen LogP contribution < -0.4 is 5.32 Å². The van der Waals surface area contributed by atoms with Gasteiger partial charge in [0.1, 0.15) is 0 Å². The molecule has 5 nitrogen and oxygen atoms in total. The predicted octanol–water partition coefficient (Wildman–Crippen LogP) is 2.75. The monoisotopic (exact) mass is 393 g/mol. The molecule has 3 aliphatic heterocycles. The van der Waals surface area contributed by atoms with Crippen molar-refractivity contribution in [3.8, 4) is 0 Å². The summed E-state index contributed by atoms with van der Waals surface area (Å²) in [5.74, 6) is 0.861. The Morgan fingerprint density at radius 3 is 2.25 bits per heavy atom. The van der Waals surface area contributed by atoms with Gasteiger partial charge in [0, 0.05) is 32.7 Å². The second kappa shape index (κ2) is 8.89. The van der Waals surface area contributed by atoms with Crippen LogP contribution in [-0.4, -0.2) is 86.6 Å². The van der Waals surface area contributed by atoms with Crippen LogP contribution in [0.15, 0.2) is 0 Å². The summed E-state index contributed by atoms with van der Waals surface area (Å²) in [4.78, 5) is 5.48. The van der Waals surface area contributed by atoms with Gasteiger partial charge < -0.3 is 14.8 Å². The van der Waals surface area contributed by atoms with Gasteiger partial charge in [-0.25, -0.2) is 0 Å². The van der Waals surface area contributed by atoms with Crippen LogP contribution in [-0.2, 0) is 9.47 Å². The van der Waals surface area contributed by atoms with Crippen LogP contribution in [0.5, 0.6) is 0 Å². The minimum Gasteiger partial charge on any atom is -0.377 e. The minimum absolute atomic E-state index is 0.293. The van der Waals surface area contributed by atoms with Crippen LogP contribution in [0.25, 0.3) is 0 Å². The van der Waals surface area contributed by atoms with E-state index in [0.717, 1.165) is 32.2 Å². The molecule has 1 spiro atoms. The molecule has 3 saturated heterocycles. The van der Waals surface area contributed by atoms with Crippen molar-refractivity contribution in [3.05, 3.63) is 0 Å². The van der Waals surface area contributed by atoms with Crippen molar-refractivity contribution in [2.24, 2.45) is 11.3 Å². The zero-order chi connectivity index (χ0) is 19.6. The standard InChI is InChI=1S/C23H43N3O2/c1-22(2,3)15-26-13-12-25(16-23(26)17-27-18-23)14-19-4-6-20(7-5-19)28-21-8-10-24-11-9-21/h19-21,24H,4-18H2,1-3H3. The molecule has 4 fully saturated rings. The van der Waals surface area contributed by atoms with E-state index in [-0.39, 0.29) is 0 Å². The number of piperazine rings is 1. The first-order chi connectivity index (χ1) is 13.4. The van der Waals surface area contributed by atoms with E-state index in [1.807, 2.05) is 0 Å². The Balaban J connectivity index is 1.21. The molecular weight excluding hydrogens is 350 g/mol. The molecule has 4 rings (SSSR count). The first-order valence-electron chi connectivity index (χ1n) is 11.8. The molecule has 0 amide bonds. The third-order valence-corrected chi connectivity index (χ3v) is 7.26. The molecule has 1 N–H and O–H groups in total. The quantitative estimate of drug-likeness (QED) is 0.777. The van der Waals surface area contributed by atoms with E-state index in [1.54, 1.807) is 0 Å². The van der Waals surface area contributed by atoms with Gasteiger partial charge in [-0.2, -0.15) is 0 Å². The van der Waals surface area contributed by atoms with E-state index in [0.29, 0.717) is 23.2 Å². The summed E-state index contributed by atoms with van der Waals surface area (Å²) in [7, 11) is 0. The number of nitrogens with one attached hydrogen (secondary N) is 1. The maximum Gasteiger partial charge on any atom is 0.0807 e. The van der Waals surface area contributed by atoms with Crippen molar-refractivity contribution in [1.29, 1.82) is 0 Å². The Labute approximate surface area is 172 Å². The van der Waals surface area contributed by atoms with Gasteiger partial charge in [0.05, 0.1) is 31.0 Å². The Kier molecular flexibility index (Phi) is 6.68. The molecule has 1 aliphatic carbocycles.